The van der Waals surface area contributed by atoms with Gasteiger partial charge in [0.05, 0.1) is 5.41 Å². The van der Waals surface area contributed by atoms with Crippen LogP contribution in [-0.2, 0) is 20.5 Å². The molecule has 1 aromatic rings. The molecule has 6 heteroatoms. The Kier molecular flexibility index (Phi) is 4.28. The molecule has 118 valence electrons. The third kappa shape index (κ3) is 2.60. The molecule has 1 aliphatic heterocycles. The third-order valence-corrected chi connectivity index (χ3v) is 5.18. The Balaban J connectivity index is 1.88. The van der Waals surface area contributed by atoms with Crippen molar-refractivity contribution in [1.82, 2.24) is 10.1 Å². The summed E-state index contributed by atoms with van der Waals surface area (Å²) < 4.78 is 16.8. The van der Waals surface area contributed by atoms with Gasteiger partial charge in [-0.25, -0.2) is 0 Å². The van der Waals surface area contributed by atoms with Gasteiger partial charge < -0.3 is 19.7 Å². The van der Waals surface area contributed by atoms with E-state index in [1.54, 1.807) is 7.11 Å². The SMILES string of the molecule is COC1(c2noc(C3(CN)CCCCC3)n2)CCOCC1. The lowest BCUT2D eigenvalue weighted by atomic mass is 9.74. The normalized spacial score (nSPS) is 24.9. The molecule has 6 nitrogen and oxygen atoms in total. The Labute approximate surface area is 125 Å². The van der Waals surface area contributed by atoms with Crippen LogP contribution in [0.5, 0.6) is 0 Å². The van der Waals surface area contributed by atoms with Crippen LogP contribution in [0.1, 0.15) is 56.7 Å². The van der Waals surface area contributed by atoms with Crippen molar-refractivity contribution >= 4 is 0 Å². The maximum Gasteiger partial charge on any atom is 0.234 e. The molecule has 3 rings (SSSR count). The largest absolute Gasteiger partial charge is 0.381 e. The van der Waals surface area contributed by atoms with Crippen LogP contribution in [-0.4, -0.2) is 37.0 Å². The molecule has 2 N–H and O–H groups in total. The van der Waals surface area contributed by atoms with Gasteiger partial charge in [0.2, 0.25) is 11.7 Å². The molecule has 2 heterocycles. The highest BCUT2D eigenvalue weighted by Crippen LogP contribution is 2.40. The Morgan fingerprint density at radius 2 is 1.86 bits per heavy atom. The predicted molar refractivity (Wildman–Crippen MR) is 76.9 cm³/mol. The number of nitrogens with two attached hydrogens (primary N) is 1. The second-order valence-electron chi connectivity index (χ2n) is 6.28. The van der Waals surface area contributed by atoms with Crippen LogP contribution in [0.3, 0.4) is 0 Å². The van der Waals surface area contributed by atoms with Crippen molar-refractivity contribution in [3.05, 3.63) is 11.7 Å². The van der Waals surface area contributed by atoms with E-state index < -0.39 is 5.60 Å². The zero-order valence-electron chi connectivity index (χ0n) is 12.8. The lowest BCUT2D eigenvalue weighted by molar-refractivity contribution is -0.101. The molecule has 0 aromatic carbocycles. The van der Waals surface area contributed by atoms with E-state index in [1.165, 1.54) is 19.3 Å². The summed E-state index contributed by atoms with van der Waals surface area (Å²) in [6, 6.07) is 0. The molecule has 0 bridgehead atoms. The van der Waals surface area contributed by atoms with E-state index >= 15 is 0 Å². The first-order valence-electron chi connectivity index (χ1n) is 7.92. The van der Waals surface area contributed by atoms with Crippen LogP contribution >= 0.6 is 0 Å². The van der Waals surface area contributed by atoms with Crippen molar-refractivity contribution in [3.63, 3.8) is 0 Å². The van der Waals surface area contributed by atoms with Crippen molar-refractivity contribution in [2.24, 2.45) is 5.73 Å². The number of hydrogen-bond donors (Lipinski definition) is 1. The van der Waals surface area contributed by atoms with Crippen molar-refractivity contribution in [2.75, 3.05) is 26.9 Å². The topological polar surface area (TPSA) is 83.4 Å². The van der Waals surface area contributed by atoms with Gasteiger partial charge in [-0.3, -0.25) is 0 Å². The lowest BCUT2D eigenvalue weighted by Gasteiger charge is -2.33. The minimum atomic E-state index is -0.468. The lowest BCUT2D eigenvalue weighted by Crippen LogP contribution is -2.39. The van der Waals surface area contributed by atoms with Gasteiger partial charge in [-0.2, -0.15) is 4.98 Å². The smallest absolute Gasteiger partial charge is 0.234 e. The van der Waals surface area contributed by atoms with Crippen LogP contribution in [0.15, 0.2) is 4.52 Å². The fourth-order valence-corrected chi connectivity index (χ4v) is 3.58. The average Bonchev–Trinajstić information content (AvgIpc) is 3.07. The van der Waals surface area contributed by atoms with Gasteiger partial charge in [-0.15, -0.1) is 0 Å². The molecule has 1 saturated heterocycles. The maximum absolute atomic E-state index is 6.04. The second-order valence-corrected chi connectivity index (χ2v) is 6.28. The fraction of sp³-hybridized carbons (Fsp3) is 0.867. The van der Waals surface area contributed by atoms with Gasteiger partial charge in [0.15, 0.2) is 0 Å². The van der Waals surface area contributed by atoms with E-state index in [4.69, 9.17) is 24.7 Å². The average molecular weight is 295 g/mol. The van der Waals surface area contributed by atoms with Crippen LogP contribution in [0, 0.1) is 0 Å². The summed E-state index contributed by atoms with van der Waals surface area (Å²) in [4.78, 5) is 4.71. The third-order valence-electron chi connectivity index (χ3n) is 5.18. The van der Waals surface area contributed by atoms with Crippen LogP contribution in [0.4, 0.5) is 0 Å². The quantitative estimate of drug-likeness (QED) is 0.913. The van der Waals surface area contributed by atoms with Gasteiger partial charge in [0.1, 0.15) is 5.60 Å². The van der Waals surface area contributed by atoms with Gasteiger partial charge in [-0.1, -0.05) is 24.4 Å². The molecular weight excluding hydrogens is 270 g/mol. The predicted octanol–water partition coefficient (Wildman–Crippen LogP) is 1.88. The number of methoxy groups -OCH3 is 1. The highest BCUT2D eigenvalue weighted by Gasteiger charge is 2.43. The number of rotatable bonds is 4. The van der Waals surface area contributed by atoms with Gasteiger partial charge in [0.25, 0.3) is 0 Å². The maximum atomic E-state index is 6.04. The molecule has 0 radical (unpaired) electrons. The molecule has 0 spiro atoms. The Bertz CT molecular complexity index is 422. The fourth-order valence-electron chi connectivity index (χ4n) is 3.58. The molecule has 0 amide bonds. The number of ether oxygens (including phenoxy) is 2. The summed E-state index contributed by atoms with van der Waals surface area (Å²) >= 11 is 0. The van der Waals surface area contributed by atoms with Crippen molar-refractivity contribution in [1.29, 1.82) is 0 Å². The van der Waals surface area contributed by atoms with Crippen LogP contribution < -0.4 is 5.73 Å². The molecule has 2 aliphatic rings. The standard InChI is InChI=1S/C15H25N3O3/c1-19-15(7-9-20-10-8-15)12-17-13(21-18-12)14(11-16)5-3-2-4-6-14/h2-11,16H2,1H3. The summed E-state index contributed by atoms with van der Waals surface area (Å²) in [7, 11) is 1.71. The first-order chi connectivity index (χ1) is 10.2. The van der Waals surface area contributed by atoms with Crippen molar-refractivity contribution in [2.45, 2.75) is 56.0 Å². The summed E-state index contributed by atoms with van der Waals surface area (Å²) in [6.45, 7) is 1.90. The zero-order valence-corrected chi connectivity index (χ0v) is 12.8. The molecule has 0 atom stereocenters. The van der Waals surface area contributed by atoms with Gasteiger partial charge >= 0.3 is 0 Å². The molecule has 1 aromatic heterocycles. The van der Waals surface area contributed by atoms with E-state index in [0.717, 1.165) is 25.7 Å². The molecule has 0 unspecified atom stereocenters. The van der Waals surface area contributed by atoms with Gasteiger partial charge in [-0.05, 0) is 12.8 Å². The first kappa shape index (κ1) is 14.9. The minimum absolute atomic E-state index is 0.135. The number of nitrogens with zero attached hydrogens (tertiary/aromatic N) is 2. The molecule has 21 heavy (non-hydrogen) atoms. The Morgan fingerprint density at radius 1 is 1.14 bits per heavy atom. The molecular formula is C15H25N3O3. The number of aromatic nitrogens is 2. The van der Waals surface area contributed by atoms with Crippen molar-refractivity contribution < 1.29 is 14.0 Å². The van der Waals surface area contributed by atoms with Crippen molar-refractivity contribution in [3.8, 4) is 0 Å². The number of hydrogen-bond acceptors (Lipinski definition) is 6. The molecule has 1 aliphatic carbocycles. The highest BCUT2D eigenvalue weighted by molar-refractivity contribution is 5.11. The summed E-state index contributed by atoms with van der Waals surface area (Å²) in [5.74, 6) is 1.35. The van der Waals surface area contributed by atoms with E-state index in [9.17, 15) is 0 Å². The van der Waals surface area contributed by atoms with E-state index in [-0.39, 0.29) is 5.41 Å². The second kappa shape index (κ2) is 6.02. The summed E-state index contributed by atoms with van der Waals surface area (Å²) in [6.07, 6.45) is 7.22. The summed E-state index contributed by atoms with van der Waals surface area (Å²) in [5.41, 5.74) is 5.44. The van der Waals surface area contributed by atoms with Crippen LogP contribution in [0.25, 0.3) is 0 Å². The minimum Gasteiger partial charge on any atom is -0.381 e. The van der Waals surface area contributed by atoms with E-state index in [2.05, 4.69) is 5.16 Å². The van der Waals surface area contributed by atoms with E-state index in [1.807, 2.05) is 0 Å². The van der Waals surface area contributed by atoms with Crippen LogP contribution in [0.2, 0.25) is 0 Å². The Hall–Kier alpha value is -0.980. The van der Waals surface area contributed by atoms with E-state index in [0.29, 0.717) is 31.5 Å². The zero-order chi connectivity index (χ0) is 14.8. The molecule has 1 saturated carbocycles. The molecule has 2 fully saturated rings. The highest BCUT2D eigenvalue weighted by atomic mass is 16.5. The Morgan fingerprint density at radius 3 is 2.48 bits per heavy atom. The summed E-state index contributed by atoms with van der Waals surface area (Å²) in [5, 5.41) is 4.23. The first-order valence-corrected chi connectivity index (χ1v) is 7.92. The van der Waals surface area contributed by atoms with Gasteiger partial charge in [0, 0.05) is 39.7 Å². The monoisotopic (exact) mass is 295 g/mol.